The van der Waals surface area contributed by atoms with Crippen molar-refractivity contribution in [3.63, 3.8) is 0 Å². The molecule has 4 heteroatoms. The van der Waals surface area contributed by atoms with Crippen LogP contribution in [0.3, 0.4) is 0 Å². The summed E-state index contributed by atoms with van der Waals surface area (Å²) < 4.78 is 2.09. The Morgan fingerprint density at radius 3 is 3.00 bits per heavy atom. The van der Waals surface area contributed by atoms with E-state index in [0.29, 0.717) is 0 Å². The molecule has 0 radical (unpaired) electrons. The zero-order chi connectivity index (χ0) is 13.1. The van der Waals surface area contributed by atoms with E-state index in [2.05, 4.69) is 39.1 Å². The third-order valence-corrected chi connectivity index (χ3v) is 3.23. The van der Waals surface area contributed by atoms with E-state index in [4.69, 9.17) is 5.26 Å². The number of nitrogens with zero attached hydrogens (tertiary/aromatic N) is 3. The van der Waals surface area contributed by atoms with Gasteiger partial charge in [-0.25, -0.2) is 4.98 Å². The number of rotatable bonds is 4. The Morgan fingerprint density at radius 1 is 1.50 bits per heavy atom. The van der Waals surface area contributed by atoms with E-state index in [1.807, 2.05) is 20.9 Å². The van der Waals surface area contributed by atoms with Gasteiger partial charge in [-0.15, -0.1) is 0 Å². The van der Waals surface area contributed by atoms with Crippen molar-refractivity contribution in [1.29, 1.82) is 5.26 Å². The molecule has 0 fully saturated rings. The summed E-state index contributed by atoms with van der Waals surface area (Å²) in [4.78, 5) is 4.52. The van der Waals surface area contributed by atoms with Crippen LogP contribution >= 0.6 is 0 Å². The average Bonchev–Trinajstić information content (AvgIpc) is 2.64. The van der Waals surface area contributed by atoms with Crippen LogP contribution in [0.5, 0.6) is 0 Å². The van der Waals surface area contributed by atoms with Gasteiger partial charge in [0.2, 0.25) is 0 Å². The van der Waals surface area contributed by atoms with E-state index in [0.717, 1.165) is 29.8 Å². The molecule has 1 unspecified atom stereocenters. The van der Waals surface area contributed by atoms with Gasteiger partial charge in [-0.1, -0.05) is 6.07 Å². The van der Waals surface area contributed by atoms with E-state index in [-0.39, 0.29) is 6.04 Å². The fraction of sp³-hybridized carbons (Fsp3) is 0.429. The molecule has 0 saturated heterocycles. The van der Waals surface area contributed by atoms with Crippen molar-refractivity contribution in [2.24, 2.45) is 7.05 Å². The summed E-state index contributed by atoms with van der Waals surface area (Å²) in [6, 6.07) is 8.44. The van der Waals surface area contributed by atoms with Crippen molar-refractivity contribution in [2.45, 2.75) is 26.3 Å². The molecular formula is C14H18N4. The highest BCUT2D eigenvalue weighted by molar-refractivity contribution is 5.76. The molecule has 0 aliphatic rings. The molecule has 1 N–H and O–H groups in total. The Morgan fingerprint density at radius 2 is 2.28 bits per heavy atom. The first-order valence-corrected chi connectivity index (χ1v) is 6.17. The van der Waals surface area contributed by atoms with Crippen molar-refractivity contribution in [1.82, 2.24) is 14.9 Å². The maximum atomic E-state index is 8.68. The highest BCUT2D eigenvalue weighted by Gasteiger charge is 2.05. The molecule has 1 atom stereocenters. The number of aryl methyl sites for hydroxylation is 2. The molecule has 0 spiro atoms. The van der Waals surface area contributed by atoms with Crippen molar-refractivity contribution >= 4 is 11.0 Å². The van der Waals surface area contributed by atoms with Crippen molar-refractivity contribution in [3.05, 3.63) is 29.6 Å². The molecule has 2 rings (SSSR count). The molecule has 18 heavy (non-hydrogen) atoms. The standard InChI is InChI=1S/C14H18N4/c1-10(9-15)16-7-6-12-4-5-14-13(8-12)17-11(2)18(14)3/h4-5,8,10,16H,6-7H2,1-3H3. The summed E-state index contributed by atoms with van der Waals surface area (Å²) in [6.07, 6.45) is 0.914. The molecule has 0 aliphatic heterocycles. The highest BCUT2D eigenvalue weighted by Crippen LogP contribution is 2.16. The lowest BCUT2D eigenvalue weighted by Crippen LogP contribution is -2.26. The fourth-order valence-corrected chi connectivity index (χ4v) is 2.00. The third kappa shape index (κ3) is 2.52. The number of hydrogen-bond donors (Lipinski definition) is 1. The maximum absolute atomic E-state index is 8.68. The van der Waals surface area contributed by atoms with Gasteiger partial charge >= 0.3 is 0 Å². The lowest BCUT2D eigenvalue weighted by molar-refractivity contribution is 0.641. The number of fused-ring (bicyclic) bond motifs is 1. The second kappa shape index (κ2) is 5.19. The van der Waals surface area contributed by atoms with Gasteiger partial charge in [-0.3, -0.25) is 0 Å². The van der Waals surface area contributed by atoms with Crippen LogP contribution in [-0.4, -0.2) is 22.1 Å². The van der Waals surface area contributed by atoms with Crippen molar-refractivity contribution in [2.75, 3.05) is 6.54 Å². The Balaban J connectivity index is 2.09. The van der Waals surface area contributed by atoms with Crippen molar-refractivity contribution in [3.8, 4) is 6.07 Å². The van der Waals surface area contributed by atoms with Crippen LogP contribution in [0.15, 0.2) is 18.2 Å². The van der Waals surface area contributed by atoms with Gasteiger partial charge < -0.3 is 9.88 Å². The van der Waals surface area contributed by atoms with Crippen molar-refractivity contribution < 1.29 is 0 Å². The van der Waals surface area contributed by atoms with Crippen LogP contribution in [0.4, 0.5) is 0 Å². The summed E-state index contributed by atoms with van der Waals surface area (Å²) >= 11 is 0. The monoisotopic (exact) mass is 242 g/mol. The van der Waals surface area contributed by atoms with Gasteiger partial charge in [-0.05, 0) is 38.0 Å². The van der Waals surface area contributed by atoms with E-state index in [1.54, 1.807) is 0 Å². The lowest BCUT2D eigenvalue weighted by Gasteiger charge is -2.06. The van der Waals surface area contributed by atoms with Gasteiger partial charge in [0.15, 0.2) is 0 Å². The first-order chi connectivity index (χ1) is 8.61. The summed E-state index contributed by atoms with van der Waals surface area (Å²) in [5.41, 5.74) is 3.45. The largest absolute Gasteiger partial charge is 0.331 e. The van der Waals surface area contributed by atoms with Crippen LogP contribution in [-0.2, 0) is 13.5 Å². The molecule has 0 amide bonds. The van der Waals surface area contributed by atoms with Crippen LogP contribution in [0.1, 0.15) is 18.3 Å². The summed E-state index contributed by atoms with van der Waals surface area (Å²) in [6.45, 7) is 4.69. The average molecular weight is 242 g/mol. The van der Waals surface area contributed by atoms with Gasteiger partial charge in [0.25, 0.3) is 0 Å². The summed E-state index contributed by atoms with van der Waals surface area (Å²) in [5.74, 6) is 1.03. The molecule has 0 saturated carbocycles. The molecule has 2 aromatic rings. The number of imidazole rings is 1. The Kier molecular flexibility index (Phi) is 3.63. The van der Waals surface area contributed by atoms with Gasteiger partial charge in [0.05, 0.1) is 23.1 Å². The SMILES string of the molecule is Cc1nc2cc(CCNC(C)C#N)ccc2n1C. The van der Waals surface area contributed by atoms with Crippen LogP contribution in [0, 0.1) is 18.3 Å². The molecule has 1 aromatic carbocycles. The van der Waals surface area contributed by atoms with E-state index in [9.17, 15) is 0 Å². The molecule has 1 heterocycles. The predicted octanol–water partition coefficient (Wildman–Crippen LogP) is 1.93. The minimum absolute atomic E-state index is 0.0918. The van der Waals surface area contributed by atoms with Crippen LogP contribution in [0.25, 0.3) is 11.0 Å². The zero-order valence-electron chi connectivity index (χ0n) is 11.1. The number of hydrogen-bond acceptors (Lipinski definition) is 3. The summed E-state index contributed by atoms with van der Waals surface area (Å²) in [5, 5.41) is 11.8. The molecule has 94 valence electrons. The molecular weight excluding hydrogens is 224 g/mol. The molecule has 4 nitrogen and oxygen atoms in total. The van der Waals surface area contributed by atoms with E-state index < -0.39 is 0 Å². The number of nitriles is 1. The zero-order valence-corrected chi connectivity index (χ0v) is 11.1. The normalized spacial score (nSPS) is 12.6. The lowest BCUT2D eigenvalue weighted by atomic mass is 10.1. The predicted molar refractivity (Wildman–Crippen MR) is 72.2 cm³/mol. The number of nitrogens with one attached hydrogen (secondary N) is 1. The Bertz CT molecular complexity index is 592. The van der Waals surface area contributed by atoms with E-state index in [1.165, 1.54) is 5.56 Å². The number of aromatic nitrogens is 2. The van der Waals surface area contributed by atoms with E-state index >= 15 is 0 Å². The second-order valence-electron chi connectivity index (χ2n) is 4.60. The second-order valence-corrected chi connectivity index (χ2v) is 4.60. The summed E-state index contributed by atoms with van der Waals surface area (Å²) in [7, 11) is 2.03. The molecule has 0 aliphatic carbocycles. The fourth-order valence-electron chi connectivity index (χ4n) is 2.00. The van der Waals surface area contributed by atoms with Gasteiger partial charge in [-0.2, -0.15) is 5.26 Å². The minimum Gasteiger partial charge on any atom is -0.331 e. The molecule has 1 aromatic heterocycles. The van der Waals surface area contributed by atoms with Crippen LogP contribution < -0.4 is 5.32 Å². The highest BCUT2D eigenvalue weighted by atomic mass is 15.0. The van der Waals surface area contributed by atoms with Gasteiger partial charge in [0.1, 0.15) is 5.82 Å². The Hall–Kier alpha value is -1.86. The van der Waals surface area contributed by atoms with Gasteiger partial charge in [0, 0.05) is 13.6 Å². The molecule has 0 bridgehead atoms. The maximum Gasteiger partial charge on any atom is 0.106 e. The topological polar surface area (TPSA) is 53.6 Å². The quantitative estimate of drug-likeness (QED) is 0.891. The third-order valence-electron chi connectivity index (χ3n) is 3.23. The Labute approximate surface area is 107 Å². The minimum atomic E-state index is -0.0918. The van der Waals surface area contributed by atoms with Crippen LogP contribution in [0.2, 0.25) is 0 Å². The first-order valence-electron chi connectivity index (χ1n) is 6.17. The first kappa shape index (κ1) is 12.6. The smallest absolute Gasteiger partial charge is 0.106 e. The number of benzene rings is 1.